The second kappa shape index (κ2) is 14.3. The molecule has 0 aliphatic carbocycles. The van der Waals surface area contributed by atoms with Gasteiger partial charge in [-0.1, -0.05) is 12.1 Å². The molecule has 0 bridgehead atoms. The zero-order valence-corrected chi connectivity index (χ0v) is 19.9. The summed E-state index contributed by atoms with van der Waals surface area (Å²) in [6.45, 7) is 5.95. The lowest BCUT2D eigenvalue weighted by molar-refractivity contribution is -0.127. The average Bonchev–Trinajstić information content (AvgIpc) is 2.94. The summed E-state index contributed by atoms with van der Waals surface area (Å²) >= 11 is 0. The minimum atomic E-state index is -0.0193. The third-order valence-electron chi connectivity index (χ3n) is 4.13. The number of hydrogen-bond donors (Lipinski definition) is 2. The van der Waals surface area contributed by atoms with E-state index in [2.05, 4.69) is 15.6 Å². The van der Waals surface area contributed by atoms with E-state index in [1.165, 1.54) is 0 Å². The van der Waals surface area contributed by atoms with Gasteiger partial charge in [-0.2, -0.15) is 0 Å². The summed E-state index contributed by atoms with van der Waals surface area (Å²) < 4.78 is 16.9. The SMILES string of the molecule is CCOCCCNC(=NCc1cccc2c1OCCCO2)NCC(=O)N(C)C.I. The predicted molar refractivity (Wildman–Crippen MR) is 124 cm³/mol. The Morgan fingerprint density at radius 3 is 2.79 bits per heavy atom. The third-order valence-corrected chi connectivity index (χ3v) is 4.13. The molecule has 0 aromatic heterocycles. The molecule has 1 aliphatic heterocycles. The molecule has 0 spiro atoms. The Balaban J connectivity index is 0.00000420. The van der Waals surface area contributed by atoms with Crippen molar-refractivity contribution in [2.24, 2.45) is 4.99 Å². The zero-order chi connectivity index (χ0) is 20.2. The maximum Gasteiger partial charge on any atom is 0.241 e. The molecule has 1 amide bonds. The normalized spacial score (nSPS) is 13.1. The van der Waals surface area contributed by atoms with Crippen molar-refractivity contribution < 1.29 is 19.0 Å². The topological polar surface area (TPSA) is 84.4 Å². The Labute approximate surface area is 190 Å². The van der Waals surface area contributed by atoms with Crippen LogP contribution in [0.15, 0.2) is 23.2 Å². The molecule has 0 saturated heterocycles. The van der Waals surface area contributed by atoms with Gasteiger partial charge in [0.2, 0.25) is 5.91 Å². The van der Waals surface area contributed by atoms with Crippen molar-refractivity contribution in [2.75, 3.05) is 53.6 Å². The fourth-order valence-corrected chi connectivity index (χ4v) is 2.56. The second-order valence-corrected chi connectivity index (χ2v) is 6.58. The minimum absolute atomic E-state index is 0. The first-order chi connectivity index (χ1) is 13.6. The Morgan fingerprint density at radius 2 is 2.03 bits per heavy atom. The van der Waals surface area contributed by atoms with Crippen molar-refractivity contribution in [3.05, 3.63) is 23.8 Å². The van der Waals surface area contributed by atoms with Gasteiger partial charge in [0.1, 0.15) is 0 Å². The van der Waals surface area contributed by atoms with Crippen molar-refractivity contribution in [3.8, 4) is 11.5 Å². The van der Waals surface area contributed by atoms with Crippen LogP contribution in [0.5, 0.6) is 11.5 Å². The summed E-state index contributed by atoms with van der Waals surface area (Å²) in [5.41, 5.74) is 0.953. The highest BCUT2D eigenvalue weighted by atomic mass is 127. The van der Waals surface area contributed by atoms with E-state index in [0.717, 1.165) is 29.9 Å². The molecular formula is C20H33IN4O4. The predicted octanol–water partition coefficient (Wildman–Crippen LogP) is 2.02. The number of ether oxygens (including phenoxy) is 3. The lowest BCUT2D eigenvalue weighted by Gasteiger charge is -2.16. The highest BCUT2D eigenvalue weighted by Gasteiger charge is 2.14. The number of likely N-dealkylation sites (N-methyl/N-ethyl adjacent to an activating group) is 1. The fourth-order valence-electron chi connectivity index (χ4n) is 2.56. The van der Waals surface area contributed by atoms with Gasteiger partial charge < -0.3 is 29.7 Å². The summed E-state index contributed by atoms with van der Waals surface area (Å²) in [4.78, 5) is 18.1. The van der Waals surface area contributed by atoms with E-state index in [4.69, 9.17) is 14.2 Å². The Hall–Kier alpha value is -1.75. The quantitative estimate of drug-likeness (QED) is 0.225. The number of rotatable bonds is 9. The van der Waals surface area contributed by atoms with E-state index >= 15 is 0 Å². The van der Waals surface area contributed by atoms with Gasteiger partial charge in [-0.3, -0.25) is 4.79 Å². The summed E-state index contributed by atoms with van der Waals surface area (Å²) in [6.07, 6.45) is 1.71. The van der Waals surface area contributed by atoms with Crippen LogP contribution in [0.3, 0.4) is 0 Å². The van der Waals surface area contributed by atoms with Gasteiger partial charge in [-0.25, -0.2) is 4.99 Å². The summed E-state index contributed by atoms with van der Waals surface area (Å²) in [5.74, 6) is 2.07. The van der Waals surface area contributed by atoms with E-state index < -0.39 is 0 Å². The van der Waals surface area contributed by atoms with Crippen LogP contribution in [0.2, 0.25) is 0 Å². The van der Waals surface area contributed by atoms with E-state index in [0.29, 0.717) is 45.5 Å². The molecule has 1 heterocycles. The van der Waals surface area contributed by atoms with Crippen molar-refractivity contribution in [3.63, 3.8) is 0 Å². The van der Waals surface area contributed by atoms with E-state index in [1.807, 2.05) is 25.1 Å². The number of benzene rings is 1. The molecule has 29 heavy (non-hydrogen) atoms. The van der Waals surface area contributed by atoms with Crippen molar-refractivity contribution in [2.45, 2.75) is 26.3 Å². The highest BCUT2D eigenvalue weighted by Crippen LogP contribution is 2.33. The number of fused-ring (bicyclic) bond motifs is 1. The van der Waals surface area contributed by atoms with Crippen LogP contribution in [0.1, 0.15) is 25.3 Å². The maximum absolute atomic E-state index is 11.9. The van der Waals surface area contributed by atoms with Gasteiger partial charge >= 0.3 is 0 Å². The molecule has 0 radical (unpaired) electrons. The van der Waals surface area contributed by atoms with Crippen LogP contribution in [-0.2, 0) is 16.1 Å². The number of carbonyl (C=O) groups is 1. The molecule has 0 fully saturated rings. The molecule has 2 rings (SSSR count). The first-order valence-corrected chi connectivity index (χ1v) is 9.79. The molecule has 0 unspecified atom stereocenters. The van der Waals surface area contributed by atoms with Crippen LogP contribution >= 0.6 is 24.0 Å². The lowest BCUT2D eigenvalue weighted by Crippen LogP contribution is -2.43. The molecule has 1 aromatic carbocycles. The number of nitrogens with zero attached hydrogens (tertiary/aromatic N) is 2. The summed E-state index contributed by atoms with van der Waals surface area (Å²) in [6, 6.07) is 5.83. The van der Waals surface area contributed by atoms with Crippen LogP contribution < -0.4 is 20.1 Å². The van der Waals surface area contributed by atoms with Gasteiger partial charge in [0.05, 0.1) is 26.3 Å². The third kappa shape index (κ3) is 9.07. The molecule has 1 aliphatic rings. The van der Waals surface area contributed by atoms with Crippen LogP contribution in [0.25, 0.3) is 0 Å². The number of amides is 1. The van der Waals surface area contributed by atoms with Gasteiger partial charge in [0.25, 0.3) is 0 Å². The standard InChI is InChI=1S/C20H32N4O4.HI/c1-4-26-11-6-10-21-20(23-15-18(25)24(2)3)22-14-16-8-5-9-17-19(16)28-13-7-12-27-17;/h5,8-9H,4,6-7,10-15H2,1-3H3,(H2,21,22,23);1H. The molecule has 1 aromatic rings. The van der Waals surface area contributed by atoms with Gasteiger partial charge in [-0.05, 0) is 19.4 Å². The molecular weight excluding hydrogens is 487 g/mol. The molecule has 2 N–H and O–H groups in total. The van der Waals surface area contributed by atoms with Crippen molar-refractivity contribution >= 4 is 35.8 Å². The summed E-state index contributed by atoms with van der Waals surface area (Å²) in [5, 5.41) is 6.34. The number of carbonyl (C=O) groups excluding carboxylic acids is 1. The Morgan fingerprint density at radius 1 is 1.24 bits per heavy atom. The number of aliphatic imine (C=N–C) groups is 1. The van der Waals surface area contributed by atoms with E-state index in [1.54, 1.807) is 19.0 Å². The van der Waals surface area contributed by atoms with E-state index in [-0.39, 0.29) is 36.4 Å². The largest absolute Gasteiger partial charge is 0.490 e. The highest BCUT2D eigenvalue weighted by molar-refractivity contribution is 14.0. The van der Waals surface area contributed by atoms with Crippen LogP contribution in [-0.4, -0.2) is 70.4 Å². The van der Waals surface area contributed by atoms with Crippen molar-refractivity contribution in [1.29, 1.82) is 0 Å². The molecule has 164 valence electrons. The monoisotopic (exact) mass is 520 g/mol. The first-order valence-electron chi connectivity index (χ1n) is 9.79. The Kier molecular flexibility index (Phi) is 12.4. The molecule has 0 saturated carbocycles. The number of para-hydroxylation sites is 1. The number of guanidine groups is 1. The van der Waals surface area contributed by atoms with Crippen LogP contribution in [0, 0.1) is 0 Å². The average molecular weight is 520 g/mol. The smallest absolute Gasteiger partial charge is 0.241 e. The minimum Gasteiger partial charge on any atom is -0.490 e. The number of halogens is 1. The summed E-state index contributed by atoms with van der Waals surface area (Å²) in [7, 11) is 3.46. The van der Waals surface area contributed by atoms with Gasteiger partial charge in [0, 0.05) is 45.8 Å². The lowest BCUT2D eigenvalue weighted by atomic mass is 10.2. The van der Waals surface area contributed by atoms with Crippen molar-refractivity contribution in [1.82, 2.24) is 15.5 Å². The number of hydrogen-bond acceptors (Lipinski definition) is 5. The molecule has 9 heteroatoms. The zero-order valence-electron chi connectivity index (χ0n) is 17.5. The molecule has 8 nitrogen and oxygen atoms in total. The Bertz CT molecular complexity index is 655. The number of nitrogens with one attached hydrogen (secondary N) is 2. The first kappa shape index (κ1) is 25.3. The fraction of sp³-hybridized carbons (Fsp3) is 0.600. The van der Waals surface area contributed by atoms with E-state index in [9.17, 15) is 4.79 Å². The molecule has 0 atom stereocenters. The van der Waals surface area contributed by atoms with Gasteiger partial charge in [-0.15, -0.1) is 24.0 Å². The van der Waals surface area contributed by atoms with Gasteiger partial charge in [0.15, 0.2) is 17.5 Å². The van der Waals surface area contributed by atoms with Crippen LogP contribution in [0.4, 0.5) is 0 Å². The maximum atomic E-state index is 11.9. The second-order valence-electron chi connectivity index (χ2n) is 6.58.